The molecule has 1 heterocycles. The van der Waals surface area contributed by atoms with Crippen molar-refractivity contribution < 1.29 is 18.3 Å². The number of fused-ring (bicyclic) bond motifs is 2. The summed E-state index contributed by atoms with van der Waals surface area (Å²) in [7, 11) is 0. The van der Waals surface area contributed by atoms with Crippen molar-refractivity contribution in [1.82, 2.24) is 9.97 Å². The zero-order chi connectivity index (χ0) is 18.5. The van der Waals surface area contributed by atoms with Gasteiger partial charge in [-0.2, -0.15) is 13.2 Å². The van der Waals surface area contributed by atoms with E-state index < -0.39 is 16.8 Å². The minimum absolute atomic E-state index is 0.109. The quantitative estimate of drug-likeness (QED) is 0.411. The molecule has 4 rings (SSSR count). The summed E-state index contributed by atoms with van der Waals surface area (Å²) in [4.78, 5) is 7.07. The summed E-state index contributed by atoms with van der Waals surface area (Å²) in [5.74, 6) is 0.379. The Balaban J connectivity index is 1.78. The third-order valence-corrected chi connectivity index (χ3v) is 4.31. The number of aromatic amines is 1. The number of anilines is 2. The molecule has 0 spiro atoms. The second-order valence-electron chi connectivity index (χ2n) is 5.77. The van der Waals surface area contributed by atoms with Gasteiger partial charge in [0.1, 0.15) is 5.75 Å². The topological polar surface area (TPSA) is 60.9 Å². The smallest absolute Gasteiger partial charge is 0.417 e. The van der Waals surface area contributed by atoms with E-state index in [9.17, 15) is 18.3 Å². The lowest BCUT2D eigenvalue weighted by molar-refractivity contribution is -0.137. The molecule has 132 valence electrons. The Labute approximate surface area is 150 Å². The number of rotatable bonds is 2. The standard InChI is InChI=1S/C18H11ClF3N3O/c19-13-8-16-15(7-12(13)18(20,21)22)24-17(25-16)23-14-3-1-2-9-4-5-10(26)6-11(9)14/h1-8,26H,(H2,23,24,25). The molecule has 0 amide bonds. The van der Waals surface area contributed by atoms with E-state index >= 15 is 0 Å². The van der Waals surface area contributed by atoms with E-state index in [2.05, 4.69) is 15.3 Å². The molecule has 3 aromatic carbocycles. The van der Waals surface area contributed by atoms with Gasteiger partial charge in [0, 0.05) is 11.1 Å². The van der Waals surface area contributed by atoms with Gasteiger partial charge < -0.3 is 15.4 Å². The number of phenolic OH excluding ortho intramolecular Hbond substituents is 1. The maximum absolute atomic E-state index is 13.0. The van der Waals surface area contributed by atoms with Crippen molar-refractivity contribution in [2.75, 3.05) is 5.32 Å². The van der Waals surface area contributed by atoms with E-state index in [1.165, 1.54) is 6.07 Å². The van der Waals surface area contributed by atoms with Crippen molar-refractivity contribution in [3.63, 3.8) is 0 Å². The molecule has 26 heavy (non-hydrogen) atoms. The first-order valence-corrected chi connectivity index (χ1v) is 7.94. The Bertz CT molecular complexity index is 1140. The molecule has 0 aliphatic rings. The molecule has 4 nitrogen and oxygen atoms in total. The maximum Gasteiger partial charge on any atom is 0.417 e. The molecule has 0 radical (unpaired) electrons. The van der Waals surface area contributed by atoms with Crippen LogP contribution in [0.3, 0.4) is 0 Å². The lowest BCUT2D eigenvalue weighted by atomic mass is 10.1. The molecule has 0 fully saturated rings. The molecule has 0 aliphatic heterocycles. The van der Waals surface area contributed by atoms with Gasteiger partial charge in [0.25, 0.3) is 0 Å². The molecule has 8 heteroatoms. The van der Waals surface area contributed by atoms with Crippen LogP contribution in [0.25, 0.3) is 21.8 Å². The molecule has 0 unspecified atom stereocenters. The predicted octanol–water partition coefficient (Wildman–Crippen LogP) is 5.84. The zero-order valence-electron chi connectivity index (χ0n) is 13.0. The average Bonchev–Trinajstić information content (AvgIpc) is 2.95. The van der Waals surface area contributed by atoms with E-state index in [1.54, 1.807) is 24.3 Å². The second-order valence-corrected chi connectivity index (χ2v) is 6.18. The largest absolute Gasteiger partial charge is 0.508 e. The highest BCUT2D eigenvalue weighted by Gasteiger charge is 2.33. The molecule has 0 aliphatic carbocycles. The van der Waals surface area contributed by atoms with Crippen LogP contribution in [0.5, 0.6) is 5.75 Å². The highest BCUT2D eigenvalue weighted by Crippen LogP contribution is 2.37. The number of imidazole rings is 1. The third-order valence-electron chi connectivity index (χ3n) is 3.99. The lowest BCUT2D eigenvalue weighted by Gasteiger charge is -2.07. The molecule has 3 N–H and O–H groups in total. The molecule has 4 aromatic rings. The van der Waals surface area contributed by atoms with Crippen molar-refractivity contribution in [2.24, 2.45) is 0 Å². The molecule has 0 atom stereocenters. The fraction of sp³-hybridized carbons (Fsp3) is 0.0556. The summed E-state index contributed by atoms with van der Waals surface area (Å²) in [6, 6.07) is 12.5. The summed E-state index contributed by atoms with van der Waals surface area (Å²) >= 11 is 5.74. The van der Waals surface area contributed by atoms with Crippen LogP contribution in [0.4, 0.5) is 24.8 Å². The Hall–Kier alpha value is -2.93. The number of benzene rings is 3. The van der Waals surface area contributed by atoms with Crippen LogP contribution in [0, 0.1) is 0 Å². The van der Waals surface area contributed by atoms with Gasteiger partial charge in [-0.3, -0.25) is 0 Å². The Morgan fingerprint density at radius 1 is 1.08 bits per heavy atom. The minimum Gasteiger partial charge on any atom is -0.508 e. The van der Waals surface area contributed by atoms with Gasteiger partial charge in [0.2, 0.25) is 5.95 Å². The molecule has 0 saturated carbocycles. The maximum atomic E-state index is 13.0. The number of aromatic hydroxyl groups is 1. The first-order chi connectivity index (χ1) is 12.3. The monoisotopic (exact) mass is 377 g/mol. The third kappa shape index (κ3) is 2.90. The summed E-state index contributed by atoms with van der Waals surface area (Å²) in [6.07, 6.45) is -4.55. The first-order valence-electron chi connectivity index (χ1n) is 7.56. The van der Waals surface area contributed by atoms with Crippen molar-refractivity contribution in [3.05, 3.63) is 59.1 Å². The van der Waals surface area contributed by atoms with Crippen LogP contribution in [-0.2, 0) is 6.18 Å². The minimum atomic E-state index is -4.55. The summed E-state index contributed by atoms with van der Waals surface area (Å²) in [5, 5.41) is 14.0. The number of phenols is 1. The Kier molecular flexibility index (Phi) is 3.69. The van der Waals surface area contributed by atoms with Crippen LogP contribution in [0.15, 0.2) is 48.5 Å². The predicted molar refractivity (Wildman–Crippen MR) is 95.0 cm³/mol. The summed E-state index contributed by atoms with van der Waals surface area (Å²) in [5.41, 5.74) is 0.250. The summed E-state index contributed by atoms with van der Waals surface area (Å²) in [6.45, 7) is 0. The average molecular weight is 378 g/mol. The van der Waals surface area contributed by atoms with E-state index in [0.717, 1.165) is 16.8 Å². The molecular formula is C18H11ClF3N3O. The highest BCUT2D eigenvalue weighted by molar-refractivity contribution is 6.32. The molecule has 0 saturated heterocycles. The Morgan fingerprint density at radius 3 is 2.65 bits per heavy atom. The van der Waals surface area contributed by atoms with Gasteiger partial charge in [-0.05, 0) is 35.7 Å². The number of nitrogens with one attached hydrogen (secondary N) is 2. The van der Waals surface area contributed by atoms with Gasteiger partial charge in [-0.25, -0.2) is 4.98 Å². The van der Waals surface area contributed by atoms with Crippen molar-refractivity contribution >= 4 is 45.0 Å². The van der Waals surface area contributed by atoms with E-state index in [0.29, 0.717) is 11.2 Å². The summed E-state index contributed by atoms with van der Waals surface area (Å²) < 4.78 is 38.9. The van der Waals surface area contributed by atoms with Crippen molar-refractivity contribution in [2.45, 2.75) is 6.18 Å². The molecule has 0 bridgehead atoms. The van der Waals surface area contributed by atoms with Gasteiger partial charge in [0.05, 0.1) is 21.6 Å². The van der Waals surface area contributed by atoms with Crippen LogP contribution in [0.2, 0.25) is 5.02 Å². The van der Waals surface area contributed by atoms with Crippen LogP contribution in [-0.4, -0.2) is 15.1 Å². The molecular weight excluding hydrogens is 367 g/mol. The number of H-pyrrole nitrogens is 1. The van der Waals surface area contributed by atoms with Crippen molar-refractivity contribution in [1.29, 1.82) is 0 Å². The van der Waals surface area contributed by atoms with E-state index in [1.807, 2.05) is 12.1 Å². The number of alkyl halides is 3. The highest BCUT2D eigenvalue weighted by atomic mass is 35.5. The SMILES string of the molecule is Oc1ccc2cccc(Nc3nc4cc(C(F)(F)F)c(Cl)cc4[nH]3)c2c1. The Morgan fingerprint density at radius 2 is 1.88 bits per heavy atom. The fourth-order valence-corrected chi connectivity index (χ4v) is 3.07. The van der Waals surface area contributed by atoms with Gasteiger partial charge in [-0.1, -0.05) is 29.8 Å². The normalized spacial score (nSPS) is 12.0. The lowest BCUT2D eigenvalue weighted by Crippen LogP contribution is -2.05. The number of nitrogens with zero attached hydrogens (tertiary/aromatic N) is 1. The first kappa shape index (κ1) is 16.5. The van der Waals surface area contributed by atoms with Gasteiger partial charge in [-0.15, -0.1) is 0 Å². The molecule has 1 aromatic heterocycles. The fourth-order valence-electron chi connectivity index (χ4n) is 2.80. The number of hydrogen-bond donors (Lipinski definition) is 3. The van der Waals surface area contributed by atoms with Crippen LogP contribution >= 0.6 is 11.6 Å². The van der Waals surface area contributed by atoms with Gasteiger partial charge >= 0.3 is 6.18 Å². The van der Waals surface area contributed by atoms with E-state index in [-0.39, 0.29) is 17.2 Å². The van der Waals surface area contributed by atoms with E-state index in [4.69, 9.17) is 11.6 Å². The zero-order valence-corrected chi connectivity index (χ0v) is 13.8. The second kappa shape index (κ2) is 5.81. The number of aromatic nitrogens is 2. The van der Waals surface area contributed by atoms with Crippen molar-refractivity contribution in [3.8, 4) is 5.75 Å². The number of halogens is 4. The van der Waals surface area contributed by atoms with Crippen LogP contribution < -0.4 is 5.32 Å². The van der Waals surface area contributed by atoms with Gasteiger partial charge in [0.15, 0.2) is 0 Å². The van der Waals surface area contributed by atoms with Crippen LogP contribution in [0.1, 0.15) is 5.56 Å². The number of hydrogen-bond acceptors (Lipinski definition) is 3.